The second-order valence-electron chi connectivity index (χ2n) is 9.84. The Bertz CT molecular complexity index is 679. The van der Waals surface area contributed by atoms with Crippen molar-refractivity contribution in [2.45, 2.75) is 64.3 Å². The summed E-state index contributed by atoms with van der Waals surface area (Å²) in [5, 5.41) is 12.7. The molecule has 6 nitrogen and oxygen atoms in total. The van der Waals surface area contributed by atoms with Crippen LogP contribution in [-0.4, -0.2) is 35.8 Å². The molecule has 4 aliphatic carbocycles. The molecule has 5 rings (SSSR count). The molecule has 1 unspecified atom stereocenters. The Kier molecular flexibility index (Phi) is 5.11. The Hall–Kier alpha value is -2.03. The first-order valence-corrected chi connectivity index (χ1v) is 10.8. The maximum Gasteiger partial charge on any atom is 0.263 e. The Labute approximate surface area is 167 Å². The number of piperidine rings is 1. The third kappa shape index (κ3) is 3.64. The van der Waals surface area contributed by atoms with E-state index in [0.717, 1.165) is 17.8 Å². The van der Waals surface area contributed by atoms with Crippen molar-refractivity contribution in [2.75, 3.05) is 13.1 Å². The number of amides is 2. The lowest BCUT2D eigenvalue weighted by Crippen LogP contribution is -2.56. The molecular formula is C22H32N4O2. The molecule has 4 bridgehead atoms. The number of nitriles is 1. The summed E-state index contributed by atoms with van der Waals surface area (Å²) in [6.45, 7) is 3.44. The van der Waals surface area contributed by atoms with E-state index in [4.69, 9.17) is 5.73 Å². The van der Waals surface area contributed by atoms with Gasteiger partial charge in [0, 0.05) is 31.2 Å². The lowest BCUT2D eigenvalue weighted by molar-refractivity contribution is -0.123. The van der Waals surface area contributed by atoms with Crippen LogP contribution in [-0.2, 0) is 9.59 Å². The zero-order valence-electron chi connectivity index (χ0n) is 16.8. The number of nitrogens with zero attached hydrogens (tertiary/aromatic N) is 2. The molecule has 4 saturated carbocycles. The number of rotatable bonds is 5. The van der Waals surface area contributed by atoms with E-state index < -0.39 is 0 Å². The normalized spacial score (nSPS) is 36.1. The van der Waals surface area contributed by atoms with E-state index in [1.165, 1.54) is 38.5 Å². The van der Waals surface area contributed by atoms with Gasteiger partial charge in [-0.25, -0.2) is 0 Å². The second-order valence-corrected chi connectivity index (χ2v) is 9.84. The van der Waals surface area contributed by atoms with Crippen molar-refractivity contribution in [1.29, 1.82) is 5.26 Å². The topological polar surface area (TPSA) is 99.2 Å². The molecule has 1 heterocycles. The van der Waals surface area contributed by atoms with Gasteiger partial charge in [-0.1, -0.05) is 0 Å². The lowest BCUT2D eigenvalue weighted by atomic mass is 9.48. The van der Waals surface area contributed by atoms with E-state index in [1.54, 1.807) is 6.20 Å². The minimum atomic E-state index is -0.261. The summed E-state index contributed by atoms with van der Waals surface area (Å²) < 4.78 is 0. The highest BCUT2D eigenvalue weighted by Crippen LogP contribution is 2.61. The van der Waals surface area contributed by atoms with Gasteiger partial charge in [0.05, 0.1) is 0 Å². The van der Waals surface area contributed by atoms with Crippen molar-refractivity contribution in [3.8, 4) is 6.07 Å². The van der Waals surface area contributed by atoms with Crippen molar-refractivity contribution in [3.05, 3.63) is 11.8 Å². The summed E-state index contributed by atoms with van der Waals surface area (Å²) >= 11 is 0. The van der Waals surface area contributed by atoms with Gasteiger partial charge in [-0.3, -0.25) is 9.59 Å². The van der Waals surface area contributed by atoms with Crippen molar-refractivity contribution in [1.82, 2.24) is 10.2 Å². The molecule has 3 N–H and O–H groups in total. The molecule has 0 spiro atoms. The molecule has 152 valence electrons. The molecule has 1 atom stereocenters. The molecule has 0 aromatic rings. The predicted molar refractivity (Wildman–Crippen MR) is 105 cm³/mol. The monoisotopic (exact) mass is 384 g/mol. The number of likely N-dealkylation sites (tertiary alicyclic amines) is 1. The Morgan fingerprint density at radius 3 is 2.14 bits per heavy atom. The average molecular weight is 385 g/mol. The highest BCUT2D eigenvalue weighted by atomic mass is 16.2. The van der Waals surface area contributed by atoms with Gasteiger partial charge >= 0.3 is 0 Å². The Morgan fingerprint density at radius 1 is 1.14 bits per heavy atom. The maximum atomic E-state index is 12.8. The molecule has 1 saturated heterocycles. The molecule has 1 aliphatic heterocycles. The van der Waals surface area contributed by atoms with E-state index in [0.29, 0.717) is 25.9 Å². The zero-order chi connectivity index (χ0) is 19.9. The lowest BCUT2D eigenvalue weighted by Gasteiger charge is -2.59. The Morgan fingerprint density at radius 2 is 1.68 bits per heavy atom. The first-order chi connectivity index (χ1) is 13.4. The molecule has 5 fully saturated rings. The number of nitrogens with two attached hydrogens (primary N) is 1. The van der Waals surface area contributed by atoms with Crippen LogP contribution in [0.25, 0.3) is 0 Å². The van der Waals surface area contributed by atoms with Gasteiger partial charge in [-0.05, 0) is 81.5 Å². The number of carbonyl (C=O) groups excluding carboxylic acids is 2. The summed E-state index contributed by atoms with van der Waals surface area (Å²) in [6, 6.07) is 2.18. The van der Waals surface area contributed by atoms with Gasteiger partial charge in [0.15, 0.2) is 0 Å². The van der Waals surface area contributed by atoms with Crippen LogP contribution < -0.4 is 11.1 Å². The highest BCUT2D eigenvalue weighted by molar-refractivity contribution is 5.97. The summed E-state index contributed by atoms with van der Waals surface area (Å²) in [6.07, 6.45) is 10.8. The van der Waals surface area contributed by atoms with Crippen LogP contribution >= 0.6 is 0 Å². The molecule has 28 heavy (non-hydrogen) atoms. The number of hydrogen-bond acceptors (Lipinski definition) is 4. The van der Waals surface area contributed by atoms with Gasteiger partial charge in [0.2, 0.25) is 5.91 Å². The van der Waals surface area contributed by atoms with Gasteiger partial charge in [-0.15, -0.1) is 0 Å². The van der Waals surface area contributed by atoms with Gasteiger partial charge in [0.25, 0.3) is 5.91 Å². The van der Waals surface area contributed by atoms with Crippen LogP contribution in [0, 0.1) is 40.4 Å². The van der Waals surface area contributed by atoms with E-state index in [2.05, 4.69) is 18.3 Å². The van der Waals surface area contributed by atoms with E-state index >= 15 is 0 Å². The second kappa shape index (κ2) is 7.42. The van der Waals surface area contributed by atoms with E-state index in [9.17, 15) is 14.9 Å². The first-order valence-electron chi connectivity index (χ1n) is 10.8. The van der Waals surface area contributed by atoms with Crippen LogP contribution in [0.3, 0.4) is 0 Å². The number of nitrogens with one attached hydrogen (secondary N) is 1. The average Bonchev–Trinajstić information content (AvgIpc) is 2.65. The van der Waals surface area contributed by atoms with E-state index in [-0.39, 0.29) is 34.8 Å². The van der Waals surface area contributed by atoms with Crippen LogP contribution in [0.15, 0.2) is 11.8 Å². The third-order valence-electron chi connectivity index (χ3n) is 7.96. The molecule has 6 heteroatoms. The van der Waals surface area contributed by atoms with Gasteiger partial charge < -0.3 is 16.0 Å². The minimum Gasteiger partial charge on any atom is -0.376 e. The van der Waals surface area contributed by atoms with Crippen molar-refractivity contribution >= 4 is 11.8 Å². The summed E-state index contributed by atoms with van der Waals surface area (Å²) in [5.74, 6) is 1.89. The van der Waals surface area contributed by atoms with Crippen molar-refractivity contribution in [3.63, 3.8) is 0 Å². The SMILES string of the molecule is CC(NC(=O)/C(C#N)=C\N1CCC(C(N)=O)CC1)C12CC3CC(CC(C3)C1)C2. The van der Waals surface area contributed by atoms with Crippen molar-refractivity contribution in [2.24, 2.45) is 34.8 Å². The molecule has 0 aromatic heterocycles. The summed E-state index contributed by atoms with van der Waals surface area (Å²) in [5.41, 5.74) is 5.77. The van der Waals surface area contributed by atoms with Crippen molar-refractivity contribution < 1.29 is 9.59 Å². The minimum absolute atomic E-state index is 0.0971. The standard InChI is InChI=1S/C22H32N4O2/c1-14(22-9-15-6-16(10-22)8-17(7-15)11-22)25-21(28)19(12-23)13-26-4-2-18(3-5-26)20(24)27/h13-18H,2-11H2,1H3,(H2,24,27)(H,25,28)/b19-13-. The number of carbonyl (C=O) groups is 2. The highest BCUT2D eigenvalue weighted by Gasteiger charge is 2.53. The quantitative estimate of drug-likeness (QED) is 0.561. The number of primary amides is 1. The summed E-state index contributed by atoms with van der Waals surface area (Å²) in [4.78, 5) is 26.1. The predicted octanol–water partition coefficient (Wildman–Crippen LogP) is 2.31. The maximum absolute atomic E-state index is 12.8. The summed E-state index contributed by atoms with van der Waals surface area (Å²) in [7, 11) is 0. The van der Waals surface area contributed by atoms with E-state index in [1.807, 2.05) is 4.90 Å². The van der Waals surface area contributed by atoms with Crippen LogP contribution in [0.4, 0.5) is 0 Å². The zero-order valence-corrected chi connectivity index (χ0v) is 16.8. The molecule has 0 radical (unpaired) electrons. The van der Waals surface area contributed by atoms with Gasteiger partial charge in [-0.2, -0.15) is 5.26 Å². The fraction of sp³-hybridized carbons (Fsp3) is 0.773. The fourth-order valence-electron chi connectivity index (χ4n) is 6.77. The molecular weight excluding hydrogens is 352 g/mol. The molecule has 2 amide bonds. The van der Waals surface area contributed by atoms with Crippen LogP contribution in [0.1, 0.15) is 58.3 Å². The Balaban J connectivity index is 1.38. The van der Waals surface area contributed by atoms with Crippen LogP contribution in [0.5, 0.6) is 0 Å². The third-order valence-corrected chi connectivity index (χ3v) is 7.96. The first kappa shape index (κ1) is 19.3. The fourth-order valence-corrected chi connectivity index (χ4v) is 6.77. The molecule has 0 aromatic carbocycles. The number of hydrogen-bond donors (Lipinski definition) is 2. The van der Waals surface area contributed by atoms with Crippen LogP contribution in [0.2, 0.25) is 0 Å². The largest absolute Gasteiger partial charge is 0.376 e. The molecule has 5 aliphatic rings. The smallest absolute Gasteiger partial charge is 0.263 e. The van der Waals surface area contributed by atoms with Gasteiger partial charge in [0.1, 0.15) is 11.6 Å².